The summed E-state index contributed by atoms with van der Waals surface area (Å²) in [5, 5.41) is 2.60. The van der Waals surface area contributed by atoms with Gasteiger partial charge in [-0.05, 0) is 55.8 Å². The molecule has 1 N–H and O–H groups in total. The van der Waals surface area contributed by atoms with E-state index in [1.54, 1.807) is 18.2 Å². The number of carbonyl (C=O) groups is 2. The van der Waals surface area contributed by atoms with Crippen molar-refractivity contribution in [2.24, 2.45) is 0 Å². The van der Waals surface area contributed by atoms with Gasteiger partial charge in [0, 0.05) is 5.69 Å². The molecule has 0 fully saturated rings. The summed E-state index contributed by atoms with van der Waals surface area (Å²) >= 11 is 0. The number of sulfone groups is 1. The number of hydrogen-bond acceptors (Lipinski definition) is 5. The third-order valence-corrected chi connectivity index (χ3v) is 4.99. The van der Waals surface area contributed by atoms with Gasteiger partial charge in [-0.25, -0.2) is 13.2 Å². The number of nitrogens with one attached hydrogen (secondary N) is 1. The van der Waals surface area contributed by atoms with Crippen LogP contribution in [0, 0.1) is 6.92 Å². The largest absolute Gasteiger partial charge is 0.449 e. The molecule has 2 rings (SSSR count). The first-order valence-corrected chi connectivity index (χ1v) is 9.36. The van der Waals surface area contributed by atoms with Crippen LogP contribution in [0.4, 0.5) is 14.5 Å². The number of anilines is 1. The summed E-state index contributed by atoms with van der Waals surface area (Å²) < 4.78 is 52.7. The summed E-state index contributed by atoms with van der Waals surface area (Å²) in [6.45, 7) is 3.23. The number of carbonyl (C=O) groups excluding carboxylic acids is 2. The lowest BCUT2D eigenvalue weighted by molar-refractivity contribution is -0.123. The second kappa shape index (κ2) is 8.26. The summed E-state index contributed by atoms with van der Waals surface area (Å²) in [7, 11) is -4.74. The zero-order chi connectivity index (χ0) is 20.2. The van der Waals surface area contributed by atoms with Gasteiger partial charge in [-0.2, -0.15) is 8.78 Å². The fourth-order valence-corrected chi connectivity index (χ4v) is 2.85. The van der Waals surface area contributed by atoms with E-state index in [0.29, 0.717) is 5.69 Å². The Morgan fingerprint density at radius 2 is 1.70 bits per heavy atom. The molecule has 0 radical (unpaired) electrons. The molecular formula is C18H17F2NO5S. The van der Waals surface area contributed by atoms with Crippen LogP contribution >= 0.6 is 0 Å². The van der Waals surface area contributed by atoms with Crippen molar-refractivity contribution in [2.45, 2.75) is 30.6 Å². The second-order valence-corrected chi connectivity index (χ2v) is 7.65. The SMILES string of the molecule is Cc1cccc(NC(=O)[C@@H](C)OC(=O)c2ccc(S(=O)(=O)C(F)F)cc2)c1. The third kappa shape index (κ3) is 5.10. The quantitative estimate of drug-likeness (QED) is 0.757. The van der Waals surface area contributed by atoms with E-state index in [2.05, 4.69) is 5.32 Å². The smallest absolute Gasteiger partial charge is 0.341 e. The molecule has 2 aromatic carbocycles. The highest BCUT2D eigenvalue weighted by atomic mass is 32.2. The Labute approximate surface area is 155 Å². The molecule has 0 unspecified atom stereocenters. The predicted molar refractivity (Wildman–Crippen MR) is 94.3 cm³/mol. The van der Waals surface area contributed by atoms with E-state index in [1.165, 1.54) is 6.92 Å². The van der Waals surface area contributed by atoms with E-state index in [9.17, 15) is 26.8 Å². The van der Waals surface area contributed by atoms with Crippen molar-refractivity contribution in [1.82, 2.24) is 0 Å². The average molecular weight is 397 g/mol. The Morgan fingerprint density at radius 3 is 2.26 bits per heavy atom. The number of ether oxygens (including phenoxy) is 1. The van der Waals surface area contributed by atoms with Crippen LogP contribution in [-0.2, 0) is 19.4 Å². The number of halogens is 2. The van der Waals surface area contributed by atoms with Crippen LogP contribution in [-0.4, -0.2) is 32.2 Å². The lowest BCUT2D eigenvalue weighted by Gasteiger charge is -2.14. The number of amides is 1. The Morgan fingerprint density at radius 1 is 1.07 bits per heavy atom. The van der Waals surface area contributed by atoms with Gasteiger partial charge in [-0.1, -0.05) is 12.1 Å². The third-order valence-electron chi connectivity index (χ3n) is 3.59. The Hall–Kier alpha value is -2.81. The van der Waals surface area contributed by atoms with E-state index in [0.717, 1.165) is 29.8 Å². The summed E-state index contributed by atoms with van der Waals surface area (Å²) in [6, 6.07) is 10.9. The van der Waals surface area contributed by atoms with Gasteiger partial charge in [0.05, 0.1) is 10.5 Å². The van der Waals surface area contributed by atoms with Crippen molar-refractivity contribution >= 4 is 27.4 Å². The molecule has 0 aliphatic carbocycles. The van der Waals surface area contributed by atoms with Gasteiger partial charge in [-0.3, -0.25) is 4.79 Å². The molecule has 2 aromatic rings. The van der Waals surface area contributed by atoms with Gasteiger partial charge in [0.1, 0.15) is 0 Å². The highest BCUT2D eigenvalue weighted by Crippen LogP contribution is 2.19. The minimum atomic E-state index is -4.74. The van der Waals surface area contributed by atoms with Crippen molar-refractivity contribution in [3.05, 3.63) is 59.7 Å². The van der Waals surface area contributed by atoms with Crippen LogP contribution in [0.3, 0.4) is 0 Å². The van der Waals surface area contributed by atoms with Gasteiger partial charge < -0.3 is 10.1 Å². The lowest BCUT2D eigenvalue weighted by atomic mass is 10.2. The van der Waals surface area contributed by atoms with Crippen LogP contribution in [0.2, 0.25) is 0 Å². The van der Waals surface area contributed by atoms with Crippen molar-refractivity contribution in [3.8, 4) is 0 Å². The van der Waals surface area contributed by atoms with Crippen molar-refractivity contribution < 1.29 is 31.5 Å². The van der Waals surface area contributed by atoms with Crippen LogP contribution in [0.15, 0.2) is 53.4 Å². The van der Waals surface area contributed by atoms with E-state index < -0.39 is 38.5 Å². The zero-order valence-corrected chi connectivity index (χ0v) is 15.3. The van der Waals surface area contributed by atoms with Crippen molar-refractivity contribution in [2.75, 3.05) is 5.32 Å². The standard InChI is InChI=1S/C18H17F2NO5S/c1-11-4-3-5-14(10-11)21-16(22)12(2)26-17(23)13-6-8-15(9-7-13)27(24,25)18(19)20/h3-10,12,18H,1-2H3,(H,21,22)/t12-/m1/s1. The highest BCUT2D eigenvalue weighted by Gasteiger charge is 2.27. The molecule has 0 saturated carbocycles. The molecule has 1 atom stereocenters. The first kappa shape index (κ1) is 20.5. The number of hydrogen-bond donors (Lipinski definition) is 1. The van der Waals surface area contributed by atoms with E-state index >= 15 is 0 Å². The molecule has 9 heteroatoms. The summed E-state index contributed by atoms with van der Waals surface area (Å²) in [6.07, 6.45) is -1.12. The molecule has 0 spiro atoms. The van der Waals surface area contributed by atoms with E-state index in [1.807, 2.05) is 13.0 Å². The topological polar surface area (TPSA) is 89.5 Å². The van der Waals surface area contributed by atoms with Gasteiger partial charge >= 0.3 is 11.7 Å². The molecule has 0 bridgehead atoms. The molecule has 6 nitrogen and oxygen atoms in total. The fraction of sp³-hybridized carbons (Fsp3) is 0.222. The van der Waals surface area contributed by atoms with Gasteiger partial charge in [0.2, 0.25) is 9.84 Å². The number of aryl methyl sites for hydroxylation is 1. The molecule has 1 amide bonds. The molecule has 0 saturated heterocycles. The Balaban J connectivity index is 2.02. The summed E-state index contributed by atoms with van der Waals surface area (Å²) in [5.41, 5.74) is 1.42. The summed E-state index contributed by atoms with van der Waals surface area (Å²) in [4.78, 5) is 23.5. The van der Waals surface area contributed by atoms with Crippen molar-refractivity contribution in [3.63, 3.8) is 0 Å². The van der Waals surface area contributed by atoms with Crippen LogP contribution in [0.1, 0.15) is 22.8 Å². The monoisotopic (exact) mass is 397 g/mol. The normalized spacial score (nSPS) is 12.5. The van der Waals surface area contributed by atoms with Gasteiger partial charge in [-0.15, -0.1) is 0 Å². The number of esters is 1. The molecule has 27 heavy (non-hydrogen) atoms. The maximum Gasteiger partial charge on any atom is 0.341 e. The Kier molecular flexibility index (Phi) is 6.27. The minimum absolute atomic E-state index is 0.0709. The van der Waals surface area contributed by atoms with Crippen LogP contribution in [0.5, 0.6) is 0 Å². The van der Waals surface area contributed by atoms with E-state index in [-0.39, 0.29) is 5.56 Å². The maximum atomic E-state index is 12.5. The number of benzene rings is 2. The predicted octanol–water partition coefficient (Wildman–Crippen LogP) is 3.18. The first-order valence-electron chi connectivity index (χ1n) is 7.82. The fourth-order valence-electron chi connectivity index (χ4n) is 2.13. The number of alkyl halides is 2. The zero-order valence-electron chi connectivity index (χ0n) is 14.5. The molecule has 0 aliphatic heterocycles. The van der Waals surface area contributed by atoms with Crippen LogP contribution in [0.25, 0.3) is 0 Å². The first-order chi connectivity index (χ1) is 12.6. The van der Waals surface area contributed by atoms with Crippen molar-refractivity contribution in [1.29, 1.82) is 0 Å². The highest BCUT2D eigenvalue weighted by molar-refractivity contribution is 7.91. The lowest BCUT2D eigenvalue weighted by Crippen LogP contribution is -2.30. The van der Waals surface area contributed by atoms with Gasteiger partial charge in [0.15, 0.2) is 6.10 Å². The number of rotatable bonds is 6. The molecule has 0 aromatic heterocycles. The molecular weight excluding hydrogens is 380 g/mol. The summed E-state index contributed by atoms with van der Waals surface area (Å²) in [5.74, 6) is -4.99. The minimum Gasteiger partial charge on any atom is -0.449 e. The second-order valence-electron chi connectivity index (χ2n) is 5.74. The molecule has 0 heterocycles. The molecule has 144 valence electrons. The Bertz CT molecular complexity index is 942. The molecule has 0 aliphatic rings. The average Bonchev–Trinajstić information content (AvgIpc) is 2.61. The van der Waals surface area contributed by atoms with Crippen LogP contribution < -0.4 is 5.32 Å². The van der Waals surface area contributed by atoms with E-state index in [4.69, 9.17) is 4.74 Å². The maximum absolute atomic E-state index is 12.5. The van der Waals surface area contributed by atoms with Gasteiger partial charge in [0.25, 0.3) is 5.91 Å².